The second-order valence-corrected chi connectivity index (χ2v) is 6.80. The Hall–Kier alpha value is 0.596. The van der Waals surface area contributed by atoms with Crippen LogP contribution < -0.4 is 0 Å². The maximum absolute atomic E-state index is 5.24. The summed E-state index contributed by atoms with van der Waals surface area (Å²) in [6.45, 7) is 3.32. The van der Waals surface area contributed by atoms with Crippen LogP contribution in [0.4, 0.5) is 0 Å². The van der Waals surface area contributed by atoms with Gasteiger partial charge in [0.15, 0.2) is 0 Å². The molecular formula is C16H35GaO. The summed E-state index contributed by atoms with van der Waals surface area (Å²) >= 11 is 0.601. The Morgan fingerprint density at radius 3 is 1.22 bits per heavy atom. The molecule has 0 spiro atoms. The summed E-state index contributed by atoms with van der Waals surface area (Å²) < 4.78 is 5.24. The van der Waals surface area contributed by atoms with Crippen molar-refractivity contribution in [2.45, 2.75) is 96.8 Å². The second kappa shape index (κ2) is 17.6. The molecule has 0 bridgehead atoms. The van der Waals surface area contributed by atoms with Gasteiger partial charge < -0.3 is 0 Å². The van der Waals surface area contributed by atoms with Gasteiger partial charge in [0.2, 0.25) is 0 Å². The van der Waals surface area contributed by atoms with Gasteiger partial charge in [0.05, 0.1) is 0 Å². The minimum atomic E-state index is 0.601. The molecule has 108 valence electrons. The third kappa shape index (κ3) is 16.6. The molecule has 0 rings (SSSR count). The van der Waals surface area contributed by atoms with Crippen LogP contribution in [-0.2, 0) is 3.53 Å². The van der Waals surface area contributed by atoms with Gasteiger partial charge in [-0.2, -0.15) is 0 Å². The van der Waals surface area contributed by atoms with Gasteiger partial charge in [-0.25, -0.2) is 0 Å². The zero-order valence-corrected chi connectivity index (χ0v) is 17.2. The molecule has 0 aliphatic heterocycles. The zero-order valence-electron chi connectivity index (χ0n) is 13.0. The molecule has 1 nitrogen and oxygen atoms in total. The normalized spacial score (nSPS) is 10.9. The van der Waals surface area contributed by atoms with Gasteiger partial charge in [-0.05, 0) is 0 Å². The van der Waals surface area contributed by atoms with Gasteiger partial charge >= 0.3 is 93.3 Å². The summed E-state index contributed by atoms with van der Waals surface area (Å²) in [5, 5.41) is 0. The summed E-state index contributed by atoms with van der Waals surface area (Å²) in [6.07, 6.45) is 20.1. The summed E-state index contributed by atoms with van der Waals surface area (Å²) in [6, 6.07) is 0. The van der Waals surface area contributed by atoms with E-state index in [4.69, 9.17) is 3.53 Å². The van der Waals surface area contributed by atoms with E-state index in [1.165, 1.54) is 89.9 Å². The van der Waals surface area contributed by atoms with Crippen molar-refractivity contribution in [3.8, 4) is 0 Å². The van der Waals surface area contributed by atoms with E-state index < -0.39 is 0 Å². The number of unbranched alkanes of at least 4 members (excludes halogenated alkanes) is 13. The van der Waals surface area contributed by atoms with E-state index in [1.807, 2.05) is 0 Å². The molecule has 0 unspecified atom stereocenters. The van der Waals surface area contributed by atoms with Crippen molar-refractivity contribution in [2.75, 3.05) is 6.61 Å². The van der Waals surface area contributed by atoms with E-state index in [9.17, 15) is 0 Å². The van der Waals surface area contributed by atoms with E-state index in [0.29, 0.717) is 19.0 Å². The Morgan fingerprint density at radius 2 is 0.889 bits per heavy atom. The topological polar surface area (TPSA) is 9.23 Å². The molecule has 0 fully saturated rings. The van der Waals surface area contributed by atoms with Gasteiger partial charge in [0.1, 0.15) is 0 Å². The van der Waals surface area contributed by atoms with Crippen molar-refractivity contribution >= 4 is 19.0 Å². The molecule has 0 heterocycles. The summed E-state index contributed by atoms with van der Waals surface area (Å²) in [4.78, 5) is 0. The van der Waals surface area contributed by atoms with Crippen molar-refractivity contribution in [2.24, 2.45) is 0 Å². The van der Waals surface area contributed by atoms with Crippen LogP contribution in [0.25, 0.3) is 0 Å². The first kappa shape index (κ1) is 18.6. The van der Waals surface area contributed by atoms with Gasteiger partial charge in [0.25, 0.3) is 0 Å². The molecule has 0 aliphatic carbocycles. The summed E-state index contributed by atoms with van der Waals surface area (Å²) in [7, 11) is 0. The fourth-order valence-electron chi connectivity index (χ4n) is 2.44. The Bertz CT molecular complexity index is 123. The van der Waals surface area contributed by atoms with E-state index >= 15 is 0 Å². The molecule has 0 aromatic carbocycles. The molecule has 0 aliphatic rings. The van der Waals surface area contributed by atoms with Crippen LogP contribution in [0.3, 0.4) is 0 Å². The molecule has 0 saturated heterocycles. The summed E-state index contributed by atoms with van der Waals surface area (Å²) in [5.41, 5.74) is 0. The number of hydrogen-bond donors (Lipinski definition) is 0. The summed E-state index contributed by atoms with van der Waals surface area (Å²) in [5.74, 6) is 0. The molecule has 0 radical (unpaired) electrons. The number of rotatable bonds is 15. The fraction of sp³-hybridized carbons (Fsp3) is 1.00. The van der Waals surface area contributed by atoms with Crippen molar-refractivity contribution in [3.63, 3.8) is 0 Å². The first-order valence-corrected chi connectivity index (χ1v) is 10.1. The Balaban J connectivity index is 2.86. The van der Waals surface area contributed by atoms with Crippen LogP contribution in [0.15, 0.2) is 0 Å². The molecule has 0 atom stereocenters. The molecule has 0 N–H and O–H groups in total. The Labute approximate surface area is 126 Å². The van der Waals surface area contributed by atoms with Crippen LogP contribution in [0.5, 0.6) is 0 Å². The van der Waals surface area contributed by atoms with Crippen LogP contribution in [-0.4, -0.2) is 25.6 Å². The molecule has 0 saturated carbocycles. The van der Waals surface area contributed by atoms with Crippen LogP contribution >= 0.6 is 0 Å². The third-order valence-electron chi connectivity index (χ3n) is 3.70. The van der Waals surface area contributed by atoms with Gasteiger partial charge in [0, 0.05) is 0 Å². The third-order valence-corrected chi connectivity index (χ3v) is 4.56. The van der Waals surface area contributed by atoms with Crippen LogP contribution in [0.1, 0.15) is 96.8 Å². The molecule has 18 heavy (non-hydrogen) atoms. The molecule has 0 amide bonds. The van der Waals surface area contributed by atoms with Crippen molar-refractivity contribution in [1.29, 1.82) is 0 Å². The zero-order chi connectivity index (χ0) is 13.3. The van der Waals surface area contributed by atoms with Crippen molar-refractivity contribution < 1.29 is 3.53 Å². The molecule has 0 aromatic rings. The van der Waals surface area contributed by atoms with E-state index in [1.54, 1.807) is 0 Å². The minimum absolute atomic E-state index is 0.601. The maximum atomic E-state index is 5.24. The predicted octanol–water partition coefficient (Wildman–Crippen LogP) is 5.03. The first-order chi connectivity index (χ1) is 8.91. The predicted molar refractivity (Wildman–Crippen MR) is 84.8 cm³/mol. The Morgan fingerprint density at radius 1 is 0.556 bits per heavy atom. The molecule has 2 heteroatoms. The molecule has 0 aromatic heterocycles. The van der Waals surface area contributed by atoms with Crippen LogP contribution in [0, 0.1) is 0 Å². The quantitative estimate of drug-likeness (QED) is 0.304. The van der Waals surface area contributed by atoms with Gasteiger partial charge in [-0.1, -0.05) is 32.6 Å². The number of hydrogen-bond acceptors (Lipinski definition) is 1. The van der Waals surface area contributed by atoms with E-state index in [-0.39, 0.29) is 0 Å². The van der Waals surface area contributed by atoms with Gasteiger partial charge in [-0.15, -0.1) is 0 Å². The average Bonchev–Trinajstić information content (AvgIpc) is 2.39. The second-order valence-electron chi connectivity index (χ2n) is 5.59. The van der Waals surface area contributed by atoms with E-state index in [2.05, 4.69) is 6.92 Å². The van der Waals surface area contributed by atoms with Crippen molar-refractivity contribution in [1.82, 2.24) is 0 Å². The van der Waals surface area contributed by atoms with Gasteiger partial charge in [-0.3, -0.25) is 0 Å². The Kier molecular flexibility index (Phi) is 18.2. The van der Waals surface area contributed by atoms with Crippen LogP contribution in [0.2, 0.25) is 0 Å². The van der Waals surface area contributed by atoms with Crippen molar-refractivity contribution in [3.05, 3.63) is 0 Å². The molecular weight excluding hydrogens is 278 g/mol. The first-order valence-electron chi connectivity index (χ1n) is 8.40. The van der Waals surface area contributed by atoms with E-state index in [0.717, 1.165) is 6.61 Å². The SMILES string of the molecule is CCCCCCCCCCCCCCCC[O][GaH2]. The fourth-order valence-corrected chi connectivity index (χ4v) is 3.05. The average molecular weight is 313 g/mol. The monoisotopic (exact) mass is 312 g/mol. The standard InChI is InChI=1S/C16H33O.Ga.2H/c1-2-3-4-5-6-7-8-9-10-11-12-13-14-15-16-17;;;/h2-16H2,1H3;;;/q-1;+1;;.